The minimum absolute atomic E-state index is 0.335. The summed E-state index contributed by atoms with van der Waals surface area (Å²) in [6, 6.07) is 0. The van der Waals surface area contributed by atoms with Crippen LogP contribution in [0.4, 0.5) is 0 Å². The second-order valence-electron chi connectivity index (χ2n) is 7.53. The van der Waals surface area contributed by atoms with E-state index < -0.39 is 0 Å². The molecular weight excluding hydrogens is 296 g/mol. The fraction of sp³-hybridized carbons (Fsp3) is 1.00. The van der Waals surface area contributed by atoms with Crippen molar-refractivity contribution in [1.82, 2.24) is 0 Å². The lowest BCUT2D eigenvalue weighted by molar-refractivity contribution is -0.0361. The highest BCUT2D eigenvalue weighted by atomic mass is 16.6. The Morgan fingerprint density at radius 2 is 1.04 bits per heavy atom. The molecule has 0 spiro atoms. The van der Waals surface area contributed by atoms with Gasteiger partial charge >= 0.3 is 0 Å². The lowest BCUT2D eigenvalue weighted by Crippen LogP contribution is -2.25. The average Bonchev–Trinajstić information content (AvgIpc) is 3.30. The van der Waals surface area contributed by atoms with E-state index in [1.54, 1.807) is 0 Å². The van der Waals surface area contributed by atoms with Gasteiger partial charge in [0.15, 0.2) is 0 Å². The molecule has 6 atom stereocenters. The van der Waals surface area contributed by atoms with Gasteiger partial charge in [0.1, 0.15) is 0 Å². The van der Waals surface area contributed by atoms with E-state index in [2.05, 4.69) is 0 Å². The van der Waals surface area contributed by atoms with Gasteiger partial charge in [-0.05, 0) is 38.5 Å². The molecule has 0 bridgehead atoms. The van der Waals surface area contributed by atoms with Gasteiger partial charge in [0.2, 0.25) is 0 Å². The highest BCUT2D eigenvalue weighted by Gasteiger charge is 2.32. The summed E-state index contributed by atoms with van der Waals surface area (Å²) in [5.74, 6) is 0. The fourth-order valence-corrected chi connectivity index (χ4v) is 3.37. The molecule has 6 unspecified atom stereocenters. The summed E-state index contributed by atoms with van der Waals surface area (Å²) in [4.78, 5) is 0. The molecule has 0 aromatic carbocycles. The number of hydrogen-bond acceptors (Lipinski definition) is 5. The van der Waals surface area contributed by atoms with E-state index in [9.17, 15) is 0 Å². The minimum atomic E-state index is 0.335. The Morgan fingerprint density at radius 3 is 1.39 bits per heavy atom. The van der Waals surface area contributed by atoms with E-state index in [4.69, 9.17) is 23.7 Å². The number of rotatable bonds is 14. The third-order valence-electron chi connectivity index (χ3n) is 5.15. The Morgan fingerprint density at radius 1 is 0.652 bits per heavy atom. The van der Waals surface area contributed by atoms with Crippen LogP contribution in [0.1, 0.15) is 51.4 Å². The van der Waals surface area contributed by atoms with E-state index in [0.29, 0.717) is 36.6 Å². The third-order valence-corrected chi connectivity index (χ3v) is 5.15. The molecule has 132 valence electrons. The molecule has 4 heterocycles. The molecule has 4 rings (SSSR count). The van der Waals surface area contributed by atoms with Gasteiger partial charge in [-0.25, -0.2) is 0 Å². The summed E-state index contributed by atoms with van der Waals surface area (Å²) >= 11 is 0. The van der Waals surface area contributed by atoms with Crippen LogP contribution >= 0.6 is 0 Å². The Kier molecular flexibility index (Phi) is 5.51. The third kappa shape index (κ3) is 6.67. The van der Waals surface area contributed by atoms with Gasteiger partial charge in [-0.2, -0.15) is 0 Å². The monoisotopic (exact) mass is 326 g/mol. The van der Waals surface area contributed by atoms with Crippen LogP contribution in [-0.4, -0.2) is 63.1 Å². The summed E-state index contributed by atoms with van der Waals surface area (Å²) in [5.41, 5.74) is 0. The molecule has 4 fully saturated rings. The van der Waals surface area contributed by atoms with E-state index in [1.165, 1.54) is 25.7 Å². The van der Waals surface area contributed by atoms with Gasteiger partial charge in [-0.3, -0.25) is 0 Å². The van der Waals surface area contributed by atoms with Crippen LogP contribution < -0.4 is 0 Å². The predicted molar refractivity (Wildman–Crippen MR) is 84.6 cm³/mol. The molecule has 0 saturated carbocycles. The SMILES string of the molecule is C(CC1CO1)CC(CC1CO1)OC(CCCC1CO1)CC1CO1. The van der Waals surface area contributed by atoms with Gasteiger partial charge < -0.3 is 23.7 Å². The van der Waals surface area contributed by atoms with Crippen molar-refractivity contribution in [3.63, 3.8) is 0 Å². The van der Waals surface area contributed by atoms with Crippen molar-refractivity contribution in [2.24, 2.45) is 0 Å². The first-order valence-electron chi connectivity index (χ1n) is 9.47. The van der Waals surface area contributed by atoms with Gasteiger partial charge in [0.05, 0.1) is 63.1 Å². The highest BCUT2D eigenvalue weighted by Crippen LogP contribution is 2.28. The van der Waals surface area contributed by atoms with Crippen LogP contribution in [0.3, 0.4) is 0 Å². The second-order valence-corrected chi connectivity index (χ2v) is 7.53. The predicted octanol–water partition coefficient (Wildman–Crippen LogP) is 2.46. The van der Waals surface area contributed by atoms with Crippen LogP contribution in [0.5, 0.6) is 0 Å². The Bertz CT molecular complexity index is 326. The standard InChI is InChI=1S/C18H30O5/c1(5-15-9-19-15)3-13(7-17-11-21-17)23-14(8-18-12-22-18)4-2-6-16-10-20-16/h13-18H,1-12H2. The molecule has 5 nitrogen and oxygen atoms in total. The quantitative estimate of drug-likeness (QED) is 0.459. The molecule has 5 heteroatoms. The Labute approximate surface area is 138 Å². The van der Waals surface area contributed by atoms with E-state index >= 15 is 0 Å². The lowest BCUT2D eigenvalue weighted by atomic mass is 10.0. The normalized spacial score (nSPS) is 36.5. The highest BCUT2D eigenvalue weighted by molar-refractivity contribution is 4.80. The van der Waals surface area contributed by atoms with Gasteiger partial charge in [-0.15, -0.1) is 0 Å². The molecule has 4 saturated heterocycles. The number of epoxide rings is 4. The largest absolute Gasteiger partial charge is 0.375 e. The van der Waals surface area contributed by atoms with Crippen molar-refractivity contribution in [1.29, 1.82) is 0 Å². The van der Waals surface area contributed by atoms with Gasteiger partial charge in [0, 0.05) is 12.8 Å². The summed E-state index contributed by atoms with van der Waals surface area (Å²) in [7, 11) is 0. The Hall–Kier alpha value is -0.200. The maximum absolute atomic E-state index is 6.52. The van der Waals surface area contributed by atoms with Gasteiger partial charge in [0.25, 0.3) is 0 Å². The molecule has 0 aromatic heterocycles. The summed E-state index contributed by atoms with van der Waals surface area (Å²) in [5, 5.41) is 0. The molecule has 0 aromatic rings. The number of hydrogen-bond donors (Lipinski definition) is 0. The van der Waals surface area contributed by atoms with Crippen LogP contribution in [0.15, 0.2) is 0 Å². The van der Waals surface area contributed by atoms with Crippen molar-refractivity contribution >= 4 is 0 Å². The first-order valence-corrected chi connectivity index (χ1v) is 9.47. The summed E-state index contributed by atoms with van der Waals surface area (Å²) < 4.78 is 28.0. The zero-order chi connectivity index (χ0) is 15.5. The molecule has 0 amide bonds. The molecule has 0 N–H and O–H groups in total. The zero-order valence-corrected chi connectivity index (χ0v) is 14.0. The van der Waals surface area contributed by atoms with E-state index in [1.807, 2.05) is 0 Å². The van der Waals surface area contributed by atoms with Crippen LogP contribution in [0.2, 0.25) is 0 Å². The van der Waals surface area contributed by atoms with Crippen molar-refractivity contribution in [2.75, 3.05) is 26.4 Å². The topological polar surface area (TPSA) is 59.4 Å². The van der Waals surface area contributed by atoms with Crippen LogP contribution in [-0.2, 0) is 23.7 Å². The summed E-state index contributed by atoms with van der Waals surface area (Å²) in [6.45, 7) is 3.76. The smallest absolute Gasteiger partial charge is 0.0834 e. The van der Waals surface area contributed by atoms with Gasteiger partial charge in [-0.1, -0.05) is 0 Å². The summed E-state index contributed by atoms with van der Waals surface area (Å²) in [6.07, 6.45) is 11.7. The molecule has 4 aliphatic heterocycles. The van der Waals surface area contributed by atoms with Crippen LogP contribution in [0.25, 0.3) is 0 Å². The molecule has 0 radical (unpaired) electrons. The van der Waals surface area contributed by atoms with Crippen molar-refractivity contribution in [3.05, 3.63) is 0 Å². The minimum Gasteiger partial charge on any atom is -0.375 e. The fourth-order valence-electron chi connectivity index (χ4n) is 3.37. The maximum Gasteiger partial charge on any atom is 0.0834 e. The van der Waals surface area contributed by atoms with Crippen molar-refractivity contribution < 1.29 is 23.7 Å². The zero-order valence-electron chi connectivity index (χ0n) is 14.0. The second kappa shape index (κ2) is 7.79. The maximum atomic E-state index is 6.52. The molecule has 23 heavy (non-hydrogen) atoms. The van der Waals surface area contributed by atoms with Crippen LogP contribution in [0, 0.1) is 0 Å². The molecule has 0 aliphatic carbocycles. The van der Waals surface area contributed by atoms with E-state index in [0.717, 1.165) is 52.1 Å². The lowest BCUT2D eigenvalue weighted by Gasteiger charge is -2.24. The van der Waals surface area contributed by atoms with Crippen molar-refractivity contribution in [3.8, 4) is 0 Å². The Balaban J connectivity index is 1.20. The van der Waals surface area contributed by atoms with Crippen molar-refractivity contribution in [2.45, 2.75) is 88.0 Å². The average molecular weight is 326 g/mol. The van der Waals surface area contributed by atoms with E-state index in [-0.39, 0.29) is 0 Å². The first-order chi connectivity index (χ1) is 11.3. The first kappa shape index (κ1) is 16.3. The molecule has 4 aliphatic rings. The molecular formula is C18H30O5. The number of ether oxygens (including phenoxy) is 5.